The first kappa shape index (κ1) is 24.9. The minimum Gasteiger partial charge on any atom is -0.508 e. The first-order chi connectivity index (χ1) is 20.0. The van der Waals surface area contributed by atoms with E-state index in [4.69, 9.17) is 0 Å². The minimum atomic E-state index is -0.722. The molecule has 0 heterocycles. The van der Waals surface area contributed by atoms with Crippen molar-refractivity contribution in [2.75, 3.05) is 0 Å². The Balaban J connectivity index is 1.73. The fourth-order valence-corrected chi connectivity index (χ4v) is 6.72. The second-order valence-electron chi connectivity index (χ2n) is 10.9. The summed E-state index contributed by atoms with van der Waals surface area (Å²) >= 11 is 0. The molecule has 41 heavy (non-hydrogen) atoms. The van der Waals surface area contributed by atoms with Crippen molar-refractivity contribution in [1.29, 1.82) is 0 Å². The third-order valence-corrected chi connectivity index (χ3v) is 8.60. The van der Waals surface area contributed by atoms with Crippen LogP contribution in [0.5, 0.6) is 11.5 Å². The zero-order valence-electron chi connectivity index (χ0n) is 23.1. The average Bonchev–Trinajstić information content (AvgIpc) is 3.32. The molecule has 6 aromatic carbocycles. The van der Waals surface area contributed by atoms with Gasteiger partial charge in [-0.3, -0.25) is 0 Å². The predicted octanol–water partition coefficient (Wildman–Crippen LogP) is 9.41. The van der Waals surface area contributed by atoms with Gasteiger partial charge in [0.05, 0.1) is 5.41 Å². The quantitative estimate of drug-likeness (QED) is 0.238. The zero-order chi connectivity index (χ0) is 28.1. The van der Waals surface area contributed by atoms with Crippen molar-refractivity contribution in [2.24, 2.45) is 0 Å². The lowest BCUT2D eigenvalue weighted by molar-refractivity contribution is 0.470. The molecule has 0 saturated carbocycles. The number of aryl methyl sites for hydroxylation is 2. The van der Waals surface area contributed by atoms with E-state index in [1.54, 1.807) is 0 Å². The van der Waals surface area contributed by atoms with Gasteiger partial charge in [0.25, 0.3) is 0 Å². The summed E-state index contributed by atoms with van der Waals surface area (Å²) in [7, 11) is 0. The average molecular weight is 531 g/mol. The van der Waals surface area contributed by atoms with Gasteiger partial charge < -0.3 is 10.2 Å². The fraction of sp³-hybridized carbons (Fsp3) is 0.0769. The molecule has 2 heteroatoms. The number of aromatic hydroxyl groups is 2. The van der Waals surface area contributed by atoms with Crippen LogP contribution in [-0.4, -0.2) is 10.2 Å². The topological polar surface area (TPSA) is 40.5 Å². The summed E-state index contributed by atoms with van der Waals surface area (Å²) in [4.78, 5) is 0. The van der Waals surface area contributed by atoms with Crippen molar-refractivity contribution >= 4 is 0 Å². The van der Waals surface area contributed by atoms with Crippen molar-refractivity contribution in [3.8, 4) is 44.9 Å². The Hall–Kier alpha value is -5.08. The largest absolute Gasteiger partial charge is 0.508 e. The number of hydrogen-bond acceptors (Lipinski definition) is 2. The summed E-state index contributed by atoms with van der Waals surface area (Å²) in [5, 5.41) is 21.3. The van der Waals surface area contributed by atoms with E-state index < -0.39 is 5.41 Å². The van der Waals surface area contributed by atoms with Gasteiger partial charge in [0.15, 0.2) is 0 Å². The van der Waals surface area contributed by atoms with Gasteiger partial charge in [-0.05, 0) is 92.7 Å². The van der Waals surface area contributed by atoms with Gasteiger partial charge in [-0.15, -0.1) is 0 Å². The molecule has 0 bridgehead atoms. The molecule has 0 unspecified atom stereocenters. The maximum atomic E-state index is 10.6. The molecule has 0 amide bonds. The Kier molecular flexibility index (Phi) is 5.80. The number of phenols is 2. The van der Waals surface area contributed by atoms with Gasteiger partial charge >= 0.3 is 0 Å². The van der Waals surface area contributed by atoms with Crippen LogP contribution in [0.15, 0.2) is 133 Å². The molecule has 2 nitrogen and oxygen atoms in total. The Morgan fingerprint density at radius 3 is 1.20 bits per heavy atom. The summed E-state index contributed by atoms with van der Waals surface area (Å²) in [6.45, 7) is 3.91. The van der Waals surface area contributed by atoms with Gasteiger partial charge in [-0.1, -0.05) is 121 Å². The summed E-state index contributed by atoms with van der Waals surface area (Å²) < 4.78 is 0. The van der Waals surface area contributed by atoms with Crippen molar-refractivity contribution in [3.63, 3.8) is 0 Å². The van der Waals surface area contributed by atoms with E-state index in [1.807, 2.05) is 26.0 Å². The molecular formula is C39H30O2. The zero-order valence-corrected chi connectivity index (χ0v) is 23.1. The second-order valence-corrected chi connectivity index (χ2v) is 10.9. The third-order valence-electron chi connectivity index (χ3n) is 8.60. The van der Waals surface area contributed by atoms with Crippen molar-refractivity contribution in [1.82, 2.24) is 0 Å². The molecule has 1 aliphatic rings. The van der Waals surface area contributed by atoms with Gasteiger partial charge in [-0.25, -0.2) is 0 Å². The molecule has 2 N–H and O–H groups in total. The second kappa shape index (κ2) is 9.53. The van der Waals surface area contributed by atoms with E-state index in [-0.39, 0.29) is 11.5 Å². The molecule has 7 rings (SSSR count). The highest BCUT2D eigenvalue weighted by Gasteiger charge is 2.49. The number of hydrogen-bond donors (Lipinski definition) is 2. The highest BCUT2D eigenvalue weighted by Crippen LogP contribution is 2.61. The lowest BCUT2D eigenvalue weighted by Gasteiger charge is -2.37. The first-order valence-corrected chi connectivity index (χ1v) is 14.0. The predicted molar refractivity (Wildman–Crippen MR) is 167 cm³/mol. The SMILES string of the molecule is Cc1cc(C2(c3ccc(O)c(C)c3)c3c(-c4ccccc4)cccc3-c3cccc(-c4ccccc4)c32)ccc1O. The van der Waals surface area contributed by atoms with E-state index in [0.717, 1.165) is 44.5 Å². The van der Waals surface area contributed by atoms with Crippen molar-refractivity contribution in [3.05, 3.63) is 167 Å². The molecular weight excluding hydrogens is 500 g/mol. The number of benzene rings is 6. The molecule has 0 fully saturated rings. The van der Waals surface area contributed by atoms with Crippen LogP contribution in [0.4, 0.5) is 0 Å². The standard InChI is InChI=1S/C39H30O2/c1-25-23-29(19-21-35(25)40)39(30-20-22-36(41)26(2)24-30)37-31(27-11-5-3-6-12-27)15-9-17-33(37)34-18-10-16-32(38(34)39)28-13-7-4-8-14-28/h3-24,40-41H,1-2H3. The van der Waals surface area contributed by atoms with Crippen LogP contribution in [0.25, 0.3) is 33.4 Å². The summed E-state index contributed by atoms with van der Waals surface area (Å²) in [5.41, 5.74) is 12.5. The van der Waals surface area contributed by atoms with Crippen LogP contribution in [0, 0.1) is 13.8 Å². The van der Waals surface area contributed by atoms with Gasteiger partial charge in [0.1, 0.15) is 11.5 Å². The lowest BCUT2D eigenvalue weighted by Crippen LogP contribution is -2.30. The van der Waals surface area contributed by atoms with Crippen LogP contribution in [0.1, 0.15) is 33.4 Å². The van der Waals surface area contributed by atoms with Crippen molar-refractivity contribution in [2.45, 2.75) is 19.3 Å². The molecule has 198 valence electrons. The van der Waals surface area contributed by atoms with E-state index in [0.29, 0.717) is 0 Å². The molecule has 0 spiro atoms. The van der Waals surface area contributed by atoms with E-state index in [9.17, 15) is 10.2 Å². The molecule has 1 aliphatic carbocycles. The fourth-order valence-electron chi connectivity index (χ4n) is 6.72. The van der Waals surface area contributed by atoms with Crippen LogP contribution in [0.2, 0.25) is 0 Å². The monoisotopic (exact) mass is 530 g/mol. The molecule has 0 saturated heterocycles. The van der Waals surface area contributed by atoms with Crippen molar-refractivity contribution < 1.29 is 10.2 Å². The highest BCUT2D eigenvalue weighted by atomic mass is 16.3. The Labute approximate surface area is 240 Å². The lowest BCUT2D eigenvalue weighted by atomic mass is 9.64. The summed E-state index contributed by atoms with van der Waals surface area (Å²) in [6.07, 6.45) is 0. The van der Waals surface area contributed by atoms with Crippen LogP contribution < -0.4 is 0 Å². The van der Waals surface area contributed by atoms with Gasteiger partial charge in [0, 0.05) is 0 Å². The summed E-state index contributed by atoms with van der Waals surface area (Å²) in [5.74, 6) is 0.550. The maximum Gasteiger partial charge on any atom is 0.118 e. The summed E-state index contributed by atoms with van der Waals surface area (Å²) in [6, 6.07) is 46.4. The Bertz CT molecular complexity index is 1780. The number of rotatable bonds is 4. The van der Waals surface area contributed by atoms with E-state index >= 15 is 0 Å². The molecule has 0 atom stereocenters. The van der Waals surface area contributed by atoms with Crippen LogP contribution in [0.3, 0.4) is 0 Å². The normalized spacial score (nSPS) is 13.0. The molecule has 0 aliphatic heterocycles. The Morgan fingerprint density at radius 1 is 0.415 bits per heavy atom. The minimum absolute atomic E-state index is 0.275. The molecule has 0 radical (unpaired) electrons. The highest BCUT2D eigenvalue weighted by molar-refractivity contribution is 5.96. The van der Waals surface area contributed by atoms with E-state index in [1.165, 1.54) is 22.3 Å². The number of phenolic OH excluding ortho intramolecular Hbond substituents is 2. The molecule has 6 aromatic rings. The van der Waals surface area contributed by atoms with Gasteiger partial charge in [0.2, 0.25) is 0 Å². The first-order valence-electron chi connectivity index (χ1n) is 14.0. The number of fused-ring (bicyclic) bond motifs is 3. The van der Waals surface area contributed by atoms with Crippen LogP contribution >= 0.6 is 0 Å². The molecule has 0 aromatic heterocycles. The van der Waals surface area contributed by atoms with E-state index in [2.05, 4.69) is 121 Å². The van der Waals surface area contributed by atoms with Gasteiger partial charge in [-0.2, -0.15) is 0 Å². The third kappa shape index (κ3) is 3.72. The maximum absolute atomic E-state index is 10.6. The Morgan fingerprint density at radius 2 is 0.805 bits per heavy atom. The smallest absolute Gasteiger partial charge is 0.118 e. The van der Waals surface area contributed by atoms with Crippen LogP contribution in [-0.2, 0) is 5.41 Å².